The summed E-state index contributed by atoms with van der Waals surface area (Å²) in [7, 11) is 1.09. The Kier molecular flexibility index (Phi) is 4.62. The lowest BCUT2D eigenvalue weighted by Gasteiger charge is -2.11. The van der Waals surface area contributed by atoms with Gasteiger partial charge in [0.15, 0.2) is 0 Å². The van der Waals surface area contributed by atoms with Gasteiger partial charge in [0.25, 0.3) is 0 Å². The maximum atomic E-state index is 11.7. The summed E-state index contributed by atoms with van der Waals surface area (Å²) in [6.45, 7) is 2.10. The fourth-order valence-electron chi connectivity index (χ4n) is 1.06. The Morgan fingerprint density at radius 2 is 2.46 bits per heavy atom. The Hall–Kier alpha value is -0.190. The molecule has 1 heterocycles. The molecular weight excluding hydrogens is 202 g/mol. The van der Waals surface area contributed by atoms with Crippen LogP contribution in [0.4, 0.5) is 0 Å². The summed E-state index contributed by atoms with van der Waals surface area (Å²) < 4.78 is 12.7. The summed E-state index contributed by atoms with van der Waals surface area (Å²) in [5.74, 6) is 0.716. The lowest BCUT2D eigenvalue weighted by molar-refractivity contribution is 0.590. The molecular formula is C9H15NOS2. The standard InChI is InChI=1S/C9H15NOS2/c1-3-8(10-2)7-13(11)9-5-4-6-12-9/h4-6,8,10H,3,7H2,1-2H3. The summed E-state index contributed by atoms with van der Waals surface area (Å²) in [6, 6.07) is 4.24. The average molecular weight is 217 g/mol. The van der Waals surface area contributed by atoms with Gasteiger partial charge in [-0.05, 0) is 24.9 Å². The van der Waals surface area contributed by atoms with Crippen LogP contribution in [0.15, 0.2) is 21.7 Å². The van der Waals surface area contributed by atoms with E-state index >= 15 is 0 Å². The lowest BCUT2D eigenvalue weighted by Crippen LogP contribution is -2.29. The van der Waals surface area contributed by atoms with Crippen LogP contribution in [-0.2, 0) is 10.8 Å². The van der Waals surface area contributed by atoms with Crippen LogP contribution in [-0.4, -0.2) is 23.1 Å². The molecule has 0 aliphatic carbocycles. The van der Waals surface area contributed by atoms with Gasteiger partial charge in [0.2, 0.25) is 0 Å². The molecule has 0 radical (unpaired) electrons. The van der Waals surface area contributed by atoms with E-state index in [1.807, 2.05) is 24.6 Å². The maximum Gasteiger partial charge on any atom is 0.0911 e. The smallest absolute Gasteiger partial charge is 0.0911 e. The molecule has 1 aromatic heterocycles. The molecule has 0 saturated carbocycles. The van der Waals surface area contributed by atoms with Crippen LogP contribution in [0.5, 0.6) is 0 Å². The fraction of sp³-hybridized carbons (Fsp3) is 0.556. The van der Waals surface area contributed by atoms with Crippen LogP contribution in [0.1, 0.15) is 13.3 Å². The van der Waals surface area contributed by atoms with Crippen LogP contribution in [0.25, 0.3) is 0 Å². The van der Waals surface area contributed by atoms with Gasteiger partial charge in [-0.1, -0.05) is 13.0 Å². The van der Waals surface area contributed by atoms with E-state index in [0.29, 0.717) is 11.8 Å². The van der Waals surface area contributed by atoms with Gasteiger partial charge in [-0.3, -0.25) is 4.21 Å². The minimum absolute atomic E-state index is 0.364. The Morgan fingerprint density at radius 1 is 1.69 bits per heavy atom. The van der Waals surface area contributed by atoms with Gasteiger partial charge in [0.05, 0.1) is 15.0 Å². The first-order valence-electron chi connectivity index (χ1n) is 4.37. The number of hydrogen-bond acceptors (Lipinski definition) is 3. The van der Waals surface area contributed by atoms with Crippen LogP contribution in [0.2, 0.25) is 0 Å². The third-order valence-corrected chi connectivity index (χ3v) is 4.77. The molecule has 0 aliphatic heterocycles. The largest absolute Gasteiger partial charge is 0.316 e. The van der Waals surface area contributed by atoms with E-state index in [9.17, 15) is 4.21 Å². The highest BCUT2D eigenvalue weighted by molar-refractivity contribution is 7.87. The van der Waals surface area contributed by atoms with Crippen molar-refractivity contribution in [3.8, 4) is 0 Å². The van der Waals surface area contributed by atoms with Crippen molar-refractivity contribution in [2.24, 2.45) is 0 Å². The molecule has 2 nitrogen and oxygen atoms in total. The van der Waals surface area contributed by atoms with Gasteiger partial charge in [0.1, 0.15) is 0 Å². The number of hydrogen-bond donors (Lipinski definition) is 1. The fourth-order valence-corrected chi connectivity index (χ4v) is 3.47. The van der Waals surface area contributed by atoms with E-state index in [4.69, 9.17) is 0 Å². The van der Waals surface area contributed by atoms with Gasteiger partial charge < -0.3 is 5.32 Å². The molecule has 1 rings (SSSR count). The van der Waals surface area contributed by atoms with Crippen molar-refractivity contribution in [1.82, 2.24) is 5.32 Å². The van der Waals surface area contributed by atoms with Crippen molar-refractivity contribution in [2.45, 2.75) is 23.6 Å². The highest BCUT2D eigenvalue weighted by atomic mass is 32.2. The minimum atomic E-state index is -0.826. The number of thiophene rings is 1. The lowest BCUT2D eigenvalue weighted by atomic mass is 10.3. The molecule has 4 heteroatoms. The van der Waals surface area contributed by atoms with Crippen LogP contribution < -0.4 is 5.32 Å². The molecule has 2 atom stereocenters. The molecule has 1 N–H and O–H groups in total. The monoisotopic (exact) mass is 217 g/mol. The van der Waals surface area contributed by atoms with Gasteiger partial charge in [-0.2, -0.15) is 0 Å². The second-order valence-electron chi connectivity index (χ2n) is 2.84. The van der Waals surface area contributed by atoms with Crippen molar-refractivity contribution in [2.75, 3.05) is 12.8 Å². The van der Waals surface area contributed by atoms with Crippen LogP contribution in [0.3, 0.4) is 0 Å². The molecule has 0 fully saturated rings. The zero-order valence-corrected chi connectivity index (χ0v) is 9.58. The molecule has 0 saturated heterocycles. The Bertz CT molecular complexity index is 255. The highest BCUT2D eigenvalue weighted by Crippen LogP contribution is 2.14. The molecule has 74 valence electrons. The molecule has 0 amide bonds. The Balaban J connectivity index is 2.50. The van der Waals surface area contributed by atoms with E-state index in [2.05, 4.69) is 12.2 Å². The molecule has 0 bridgehead atoms. The summed E-state index contributed by atoms with van der Waals surface area (Å²) in [4.78, 5) is 0. The normalized spacial score (nSPS) is 15.5. The van der Waals surface area contributed by atoms with Crippen molar-refractivity contribution < 1.29 is 4.21 Å². The van der Waals surface area contributed by atoms with Crippen LogP contribution >= 0.6 is 11.3 Å². The molecule has 2 unspecified atom stereocenters. The molecule has 1 aromatic rings. The van der Waals surface area contributed by atoms with Crippen molar-refractivity contribution in [3.63, 3.8) is 0 Å². The van der Waals surface area contributed by atoms with E-state index in [-0.39, 0.29) is 0 Å². The van der Waals surface area contributed by atoms with E-state index in [0.717, 1.165) is 10.6 Å². The van der Waals surface area contributed by atoms with Crippen molar-refractivity contribution >= 4 is 22.1 Å². The zero-order valence-electron chi connectivity index (χ0n) is 7.95. The van der Waals surface area contributed by atoms with E-state index < -0.39 is 10.8 Å². The summed E-state index contributed by atoms with van der Waals surface area (Å²) in [5, 5.41) is 5.12. The predicted octanol–water partition coefficient (Wildman–Crippen LogP) is 1.85. The topological polar surface area (TPSA) is 29.1 Å². The predicted molar refractivity (Wildman–Crippen MR) is 58.7 cm³/mol. The maximum absolute atomic E-state index is 11.7. The molecule has 0 aromatic carbocycles. The average Bonchev–Trinajstić information content (AvgIpc) is 2.66. The van der Waals surface area contributed by atoms with Crippen LogP contribution in [0, 0.1) is 0 Å². The third-order valence-electron chi connectivity index (χ3n) is 1.97. The molecule has 0 aliphatic rings. The van der Waals surface area contributed by atoms with Gasteiger partial charge in [-0.15, -0.1) is 11.3 Å². The third kappa shape index (κ3) is 3.21. The van der Waals surface area contributed by atoms with Gasteiger partial charge in [0, 0.05) is 11.8 Å². The highest BCUT2D eigenvalue weighted by Gasteiger charge is 2.10. The second kappa shape index (κ2) is 5.52. The first-order valence-corrected chi connectivity index (χ1v) is 6.57. The quantitative estimate of drug-likeness (QED) is 0.815. The summed E-state index contributed by atoms with van der Waals surface area (Å²) in [5.41, 5.74) is 0. The SMILES string of the molecule is CCC(CS(=O)c1cccs1)NC. The zero-order chi connectivity index (χ0) is 9.68. The summed E-state index contributed by atoms with van der Waals surface area (Å²) in [6.07, 6.45) is 1.02. The van der Waals surface area contributed by atoms with Crippen molar-refractivity contribution in [3.05, 3.63) is 17.5 Å². The molecule has 0 spiro atoms. The first kappa shape index (κ1) is 10.9. The first-order chi connectivity index (χ1) is 6.27. The van der Waals surface area contributed by atoms with E-state index in [1.54, 1.807) is 11.3 Å². The van der Waals surface area contributed by atoms with Gasteiger partial charge in [-0.25, -0.2) is 0 Å². The van der Waals surface area contributed by atoms with Crippen molar-refractivity contribution in [1.29, 1.82) is 0 Å². The Morgan fingerprint density at radius 3 is 2.92 bits per heavy atom. The second-order valence-corrected chi connectivity index (χ2v) is 5.51. The molecule has 13 heavy (non-hydrogen) atoms. The number of nitrogens with one attached hydrogen (secondary N) is 1. The minimum Gasteiger partial charge on any atom is -0.316 e. The Labute approximate surface area is 85.8 Å². The number of rotatable bonds is 5. The van der Waals surface area contributed by atoms with E-state index in [1.165, 1.54) is 0 Å². The summed E-state index contributed by atoms with van der Waals surface area (Å²) >= 11 is 1.57. The van der Waals surface area contributed by atoms with Gasteiger partial charge >= 0.3 is 0 Å².